The molecule has 290 valence electrons. The summed E-state index contributed by atoms with van der Waals surface area (Å²) in [6.07, 6.45) is 0. The van der Waals surface area contributed by atoms with Crippen LogP contribution in [0.15, 0.2) is 223 Å². The van der Waals surface area contributed by atoms with Gasteiger partial charge in [-0.3, -0.25) is 0 Å². The molecule has 0 atom stereocenters. The normalized spacial score (nSPS) is 11.5. The SMILES string of the molecule is c1ccc(-c2cccc(-c3nc(-c4ccccc4)nc(-c4ccc5c(c4)oc4cc(-c6ccccc6-c6ccc7c(c6)c6ccccc6n7-c6ccccc6)ccc45)n3)c2)cc1. The van der Waals surface area contributed by atoms with E-state index in [0.717, 1.165) is 77.7 Å². The molecule has 12 aromatic rings. The Labute approximate surface area is 357 Å². The van der Waals surface area contributed by atoms with Gasteiger partial charge in [0.15, 0.2) is 17.5 Å². The van der Waals surface area contributed by atoms with Gasteiger partial charge in [-0.25, -0.2) is 15.0 Å². The maximum Gasteiger partial charge on any atom is 0.164 e. The van der Waals surface area contributed by atoms with E-state index in [0.29, 0.717) is 17.5 Å². The van der Waals surface area contributed by atoms with Gasteiger partial charge in [0.25, 0.3) is 0 Å². The highest BCUT2D eigenvalue weighted by Gasteiger charge is 2.18. The minimum absolute atomic E-state index is 0.583. The highest BCUT2D eigenvalue weighted by atomic mass is 16.3. The molecule has 0 radical (unpaired) electrons. The fraction of sp³-hybridized carbons (Fsp3) is 0. The Morgan fingerprint density at radius 1 is 0.290 bits per heavy atom. The first-order valence-corrected chi connectivity index (χ1v) is 20.8. The van der Waals surface area contributed by atoms with Gasteiger partial charge in [0.05, 0.1) is 11.0 Å². The van der Waals surface area contributed by atoms with Crippen LogP contribution in [0, 0.1) is 0 Å². The molecule has 3 aromatic heterocycles. The van der Waals surface area contributed by atoms with Crippen molar-refractivity contribution in [1.82, 2.24) is 19.5 Å². The Balaban J connectivity index is 0.937. The lowest BCUT2D eigenvalue weighted by molar-refractivity contribution is 0.669. The Bertz CT molecular complexity index is 3630. The van der Waals surface area contributed by atoms with E-state index >= 15 is 0 Å². The van der Waals surface area contributed by atoms with Crippen LogP contribution >= 0.6 is 0 Å². The van der Waals surface area contributed by atoms with E-state index in [4.69, 9.17) is 19.4 Å². The number of furan rings is 1. The molecule has 0 saturated carbocycles. The number of nitrogens with zero attached hydrogens (tertiary/aromatic N) is 4. The third-order valence-electron chi connectivity index (χ3n) is 11.9. The Morgan fingerprint density at radius 3 is 1.48 bits per heavy atom. The van der Waals surface area contributed by atoms with Crippen molar-refractivity contribution in [2.75, 3.05) is 0 Å². The second kappa shape index (κ2) is 14.7. The van der Waals surface area contributed by atoms with Crippen molar-refractivity contribution in [1.29, 1.82) is 0 Å². The molecule has 0 aliphatic heterocycles. The van der Waals surface area contributed by atoms with Gasteiger partial charge in [-0.1, -0.05) is 158 Å². The summed E-state index contributed by atoms with van der Waals surface area (Å²) >= 11 is 0. The topological polar surface area (TPSA) is 56.7 Å². The molecule has 0 N–H and O–H groups in total. The van der Waals surface area contributed by atoms with E-state index in [9.17, 15) is 0 Å². The number of benzene rings is 9. The molecule has 0 amide bonds. The fourth-order valence-electron chi connectivity index (χ4n) is 8.88. The van der Waals surface area contributed by atoms with Crippen molar-refractivity contribution in [3.8, 4) is 73.2 Å². The molecule has 0 fully saturated rings. The number of rotatable bonds is 7. The molecular formula is C57H36N4O. The summed E-state index contributed by atoms with van der Waals surface area (Å²) in [4.78, 5) is 15.1. The summed E-state index contributed by atoms with van der Waals surface area (Å²) in [7, 11) is 0. The van der Waals surface area contributed by atoms with Crippen molar-refractivity contribution in [3.63, 3.8) is 0 Å². The minimum atomic E-state index is 0.583. The molecule has 0 saturated heterocycles. The highest BCUT2D eigenvalue weighted by molar-refractivity contribution is 6.11. The van der Waals surface area contributed by atoms with Gasteiger partial charge in [-0.05, 0) is 94.0 Å². The Kier molecular flexibility index (Phi) is 8.42. The van der Waals surface area contributed by atoms with Crippen LogP contribution in [0.4, 0.5) is 0 Å². The molecular weight excluding hydrogens is 757 g/mol. The van der Waals surface area contributed by atoms with Crippen molar-refractivity contribution < 1.29 is 4.42 Å². The van der Waals surface area contributed by atoms with Gasteiger partial charge in [0, 0.05) is 43.9 Å². The lowest BCUT2D eigenvalue weighted by Gasteiger charge is -2.11. The highest BCUT2D eigenvalue weighted by Crippen LogP contribution is 2.40. The third kappa shape index (κ3) is 6.14. The predicted octanol–water partition coefficient (Wildman–Crippen LogP) is 14.9. The van der Waals surface area contributed by atoms with Crippen molar-refractivity contribution in [3.05, 3.63) is 218 Å². The third-order valence-corrected chi connectivity index (χ3v) is 11.9. The number of para-hydroxylation sites is 2. The zero-order valence-corrected chi connectivity index (χ0v) is 33.5. The number of hydrogen-bond acceptors (Lipinski definition) is 4. The van der Waals surface area contributed by atoms with E-state index in [1.54, 1.807) is 0 Å². The average molecular weight is 793 g/mol. The summed E-state index contributed by atoms with van der Waals surface area (Å²) in [6.45, 7) is 0. The van der Waals surface area contributed by atoms with Gasteiger partial charge in [-0.2, -0.15) is 0 Å². The first-order valence-electron chi connectivity index (χ1n) is 20.8. The number of aromatic nitrogens is 4. The lowest BCUT2D eigenvalue weighted by atomic mass is 9.93. The van der Waals surface area contributed by atoms with E-state index in [-0.39, 0.29) is 0 Å². The number of fused-ring (bicyclic) bond motifs is 6. The van der Waals surface area contributed by atoms with Crippen LogP contribution in [0.2, 0.25) is 0 Å². The molecule has 3 heterocycles. The van der Waals surface area contributed by atoms with Crippen molar-refractivity contribution in [2.45, 2.75) is 0 Å². The van der Waals surface area contributed by atoms with Gasteiger partial charge in [0.1, 0.15) is 11.2 Å². The number of hydrogen-bond donors (Lipinski definition) is 0. The van der Waals surface area contributed by atoms with Crippen LogP contribution in [0.3, 0.4) is 0 Å². The summed E-state index contributed by atoms with van der Waals surface area (Å²) in [5, 5.41) is 4.55. The second-order valence-corrected chi connectivity index (χ2v) is 15.6. The summed E-state index contributed by atoms with van der Waals surface area (Å²) in [5.41, 5.74) is 14.6. The standard InChI is InChI=1S/C57H36N4O/c1-4-15-37(16-5-1)39-19-14-20-42(33-39)56-58-55(38-17-6-2-7-18-38)59-57(60-56)43-28-31-49-48-30-27-41(35-53(48)62-54(49)36-43)46-24-11-10-23-45(46)40-29-32-52-50(34-40)47-25-12-13-26-51(47)61(52)44-21-8-3-9-22-44/h1-36H. The summed E-state index contributed by atoms with van der Waals surface area (Å²) in [5.74, 6) is 1.81. The molecule has 5 nitrogen and oxygen atoms in total. The van der Waals surface area contributed by atoms with Crippen LogP contribution in [0.25, 0.3) is 117 Å². The summed E-state index contributed by atoms with van der Waals surface area (Å²) < 4.78 is 9.05. The van der Waals surface area contributed by atoms with E-state index < -0.39 is 0 Å². The van der Waals surface area contributed by atoms with Gasteiger partial charge >= 0.3 is 0 Å². The second-order valence-electron chi connectivity index (χ2n) is 15.6. The van der Waals surface area contributed by atoms with Crippen LogP contribution < -0.4 is 0 Å². The maximum absolute atomic E-state index is 6.69. The summed E-state index contributed by atoms with van der Waals surface area (Å²) in [6, 6.07) is 76.4. The smallest absolute Gasteiger partial charge is 0.164 e. The fourth-order valence-corrected chi connectivity index (χ4v) is 8.88. The molecule has 12 rings (SSSR count). The van der Waals surface area contributed by atoms with Crippen molar-refractivity contribution in [2.24, 2.45) is 0 Å². The molecule has 0 unspecified atom stereocenters. The predicted molar refractivity (Wildman–Crippen MR) is 254 cm³/mol. The quantitative estimate of drug-likeness (QED) is 0.161. The van der Waals surface area contributed by atoms with E-state index in [1.165, 1.54) is 21.8 Å². The zero-order chi connectivity index (χ0) is 41.0. The molecule has 62 heavy (non-hydrogen) atoms. The minimum Gasteiger partial charge on any atom is -0.456 e. The Hall–Kier alpha value is -8.41. The molecule has 0 bridgehead atoms. The van der Waals surface area contributed by atoms with E-state index in [1.807, 2.05) is 36.4 Å². The monoisotopic (exact) mass is 792 g/mol. The molecule has 0 spiro atoms. The average Bonchev–Trinajstić information content (AvgIpc) is 3.89. The first kappa shape index (κ1) is 35.5. The molecule has 5 heteroatoms. The van der Waals surface area contributed by atoms with E-state index in [2.05, 4.69) is 187 Å². The zero-order valence-electron chi connectivity index (χ0n) is 33.5. The van der Waals surface area contributed by atoms with Crippen LogP contribution in [-0.2, 0) is 0 Å². The largest absolute Gasteiger partial charge is 0.456 e. The lowest BCUT2D eigenvalue weighted by Crippen LogP contribution is -2.00. The van der Waals surface area contributed by atoms with Gasteiger partial charge in [0.2, 0.25) is 0 Å². The maximum atomic E-state index is 6.69. The molecule has 0 aliphatic carbocycles. The van der Waals surface area contributed by atoms with Crippen LogP contribution in [-0.4, -0.2) is 19.5 Å². The molecule has 0 aliphatic rings. The van der Waals surface area contributed by atoms with Gasteiger partial charge in [-0.15, -0.1) is 0 Å². The van der Waals surface area contributed by atoms with Crippen molar-refractivity contribution >= 4 is 43.7 Å². The first-order chi connectivity index (χ1) is 30.7. The Morgan fingerprint density at radius 2 is 0.774 bits per heavy atom. The van der Waals surface area contributed by atoms with Crippen LogP contribution in [0.5, 0.6) is 0 Å². The van der Waals surface area contributed by atoms with Gasteiger partial charge < -0.3 is 8.98 Å². The molecule has 9 aromatic carbocycles. The van der Waals surface area contributed by atoms with Crippen LogP contribution in [0.1, 0.15) is 0 Å².